The van der Waals surface area contributed by atoms with Crippen molar-refractivity contribution < 1.29 is 14.3 Å². The van der Waals surface area contributed by atoms with E-state index in [-0.39, 0.29) is 17.6 Å². The minimum Gasteiger partial charge on any atom is -0.465 e. The SMILES string of the molecule is CCOC(=O)CSC(C)C(=O)Nc1ccccc1C#N. The van der Waals surface area contributed by atoms with Gasteiger partial charge in [-0.25, -0.2) is 0 Å². The van der Waals surface area contributed by atoms with E-state index in [0.29, 0.717) is 17.9 Å². The van der Waals surface area contributed by atoms with Crippen molar-refractivity contribution in [3.63, 3.8) is 0 Å². The van der Waals surface area contributed by atoms with Crippen molar-refractivity contribution in [1.29, 1.82) is 5.26 Å². The molecule has 0 fully saturated rings. The second-order valence-corrected chi connectivity index (χ2v) is 5.23. The Hall–Kier alpha value is -2.00. The van der Waals surface area contributed by atoms with Gasteiger partial charge in [0.15, 0.2) is 0 Å². The molecule has 0 radical (unpaired) electrons. The number of esters is 1. The van der Waals surface area contributed by atoms with Crippen molar-refractivity contribution in [1.82, 2.24) is 0 Å². The van der Waals surface area contributed by atoms with E-state index >= 15 is 0 Å². The van der Waals surface area contributed by atoms with Crippen LogP contribution in [0.1, 0.15) is 19.4 Å². The molecule has 0 saturated carbocycles. The molecule has 1 aromatic rings. The number of nitriles is 1. The number of ether oxygens (including phenoxy) is 1. The predicted molar refractivity (Wildman–Crippen MR) is 78.3 cm³/mol. The molecule has 0 aliphatic carbocycles. The molecule has 0 aliphatic heterocycles. The molecule has 1 aromatic carbocycles. The molecule has 0 saturated heterocycles. The number of carbonyl (C=O) groups is 2. The molecular formula is C14H16N2O3S. The summed E-state index contributed by atoms with van der Waals surface area (Å²) in [6, 6.07) is 8.78. The van der Waals surface area contributed by atoms with Crippen molar-refractivity contribution >= 4 is 29.3 Å². The highest BCUT2D eigenvalue weighted by molar-refractivity contribution is 8.01. The zero-order valence-electron chi connectivity index (χ0n) is 11.4. The lowest BCUT2D eigenvalue weighted by Gasteiger charge is -2.12. The normalized spacial score (nSPS) is 11.2. The van der Waals surface area contributed by atoms with E-state index in [2.05, 4.69) is 5.32 Å². The molecule has 0 aromatic heterocycles. The molecule has 5 nitrogen and oxygen atoms in total. The summed E-state index contributed by atoms with van der Waals surface area (Å²) < 4.78 is 4.79. The lowest BCUT2D eigenvalue weighted by Crippen LogP contribution is -2.24. The second kappa shape index (κ2) is 8.23. The van der Waals surface area contributed by atoms with Crippen molar-refractivity contribution in [2.24, 2.45) is 0 Å². The van der Waals surface area contributed by atoms with Gasteiger partial charge in [-0.1, -0.05) is 12.1 Å². The smallest absolute Gasteiger partial charge is 0.315 e. The van der Waals surface area contributed by atoms with Crippen molar-refractivity contribution in [2.45, 2.75) is 19.1 Å². The van der Waals surface area contributed by atoms with Gasteiger partial charge in [0.2, 0.25) is 5.91 Å². The number of thioether (sulfide) groups is 1. The molecule has 1 N–H and O–H groups in total. The van der Waals surface area contributed by atoms with Crippen LogP contribution in [-0.4, -0.2) is 29.5 Å². The van der Waals surface area contributed by atoms with E-state index in [1.54, 1.807) is 38.1 Å². The van der Waals surface area contributed by atoms with Gasteiger partial charge in [-0.3, -0.25) is 9.59 Å². The summed E-state index contributed by atoms with van der Waals surface area (Å²) >= 11 is 1.20. The summed E-state index contributed by atoms with van der Waals surface area (Å²) in [5.74, 6) is -0.459. The molecule has 1 amide bonds. The molecule has 0 heterocycles. The maximum atomic E-state index is 12.0. The summed E-state index contributed by atoms with van der Waals surface area (Å²) in [6.07, 6.45) is 0. The fourth-order valence-electron chi connectivity index (χ4n) is 1.40. The fraction of sp³-hybridized carbons (Fsp3) is 0.357. The third kappa shape index (κ3) is 4.94. The first-order valence-corrected chi connectivity index (χ1v) is 7.20. The number of nitrogens with one attached hydrogen (secondary N) is 1. The van der Waals surface area contributed by atoms with E-state index in [1.807, 2.05) is 6.07 Å². The molecule has 1 rings (SSSR count). The van der Waals surface area contributed by atoms with Crippen LogP contribution in [0.5, 0.6) is 0 Å². The number of anilines is 1. The number of benzene rings is 1. The Bertz CT molecular complexity index is 525. The number of hydrogen-bond acceptors (Lipinski definition) is 5. The van der Waals surface area contributed by atoms with Gasteiger partial charge in [0, 0.05) is 0 Å². The number of carbonyl (C=O) groups excluding carboxylic acids is 2. The zero-order valence-corrected chi connectivity index (χ0v) is 12.2. The van der Waals surface area contributed by atoms with E-state index in [0.717, 1.165) is 0 Å². The Morgan fingerprint density at radius 3 is 2.80 bits per heavy atom. The van der Waals surface area contributed by atoms with Crippen molar-refractivity contribution in [3.05, 3.63) is 29.8 Å². The van der Waals surface area contributed by atoms with Crippen LogP contribution in [0.15, 0.2) is 24.3 Å². The highest BCUT2D eigenvalue weighted by atomic mass is 32.2. The van der Waals surface area contributed by atoms with E-state index in [9.17, 15) is 9.59 Å². The van der Waals surface area contributed by atoms with Gasteiger partial charge in [0.1, 0.15) is 6.07 Å². The molecular weight excluding hydrogens is 276 g/mol. The number of amides is 1. The molecule has 20 heavy (non-hydrogen) atoms. The topological polar surface area (TPSA) is 79.2 Å². The number of hydrogen-bond donors (Lipinski definition) is 1. The van der Waals surface area contributed by atoms with Crippen LogP contribution >= 0.6 is 11.8 Å². The van der Waals surface area contributed by atoms with E-state index in [4.69, 9.17) is 10.00 Å². The highest BCUT2D eigenvalue weighted by Crippen LogP contribution is 2.17. The standard InChI is InChI=1S/C14H16N2O3S/c1-3-19-13(17)9-20-10(2)14(18)16-12-7-5-4-6-11(12)8-15/h4-7,10H,3,9H2,1-2H3,(H,16,18). The summed E-state index contributed by atoms with van der Waals surface area (Å²) in [6.45, 7) is 3.77. The van der Waals surface area contributed by atoms with Gasteiger partial charge in [-0.05, 0) is 26.0 Å². The number of nitrogens with zero attached hydrogens (tertiary/aromatic N) is 1. The maximum absolute atomic E-state index is 12.0. The Balaban J connectivity index is 2.54. The van der Waals surface area contributed by atoms with Gasteiger partial charge in [-0.2, -0.15) is 5.26 Å². The van der Waals surface area contributed by atoms with Crippen LogP contribution in [0.2, 0.25) is 0 Å². The number of rotatable bonds is 6. The summed E-state index contributed by atoms with van der Waals surface area (Å²) in [5, 5.41) is 11.2. The van der Waals surface area contributed by atoms with Crippen LogP contribution in [0.25, 0.3) is 0 Å². The quantitative estimate of drug-likeness (QED) is 0.813. The molecule has 106 valence electrons. The Labute approximate surface area is 122 Å². The molecule has 1 atom stereocenters. The van der Waals surface area contributed by atoms with Crippen LogP contribution in [0, 0.1) is 11.3 Å². The predicted octanol–water partition coefficient (Wildman–Crippen LogP) is 2.18. The Morgan fingerprint density at radius 2 is 2.15 bits per heavy atom. The van der Waals surface area contributed by atoms with Crippen LogP contribution in [0.3, 0.4) is 0 Å². The van der Waals surface area contributed by atoms with Crippen LogP contribution in [0.4, 0.5) is 5.69 Å². The maximum Gasteiger partial charge on any atom is 0.315 e. The van der Waals surface area contributed by atoms with Crippen LogP contribution < -0.4 is 5.32 Å². The van der Waals surface area contributed by atoms with E-state index in [1.165, 1.54) is 11.8 Å². The summed E-state index contributed by atoms with van der Waals surface area (Å²) in [7, 11) is 0. The van der Waals surface area contributed by atoms with Gasteiger partial charge < -0.3 is 10.1 Å². The molecule has 0 bridgehead atoms. The number of para-hydroxylation sites is 1. The van der Waals surface area contributed by atoms with Crippen molar-refractivity contribution in [3.8, 4) is 6.07 Å². The molecule has 0 spiro atoms. The average Bonchev–Trinajstić information content (AvgIpc) is 2.45. The van der Waals surface area contributed by atoms with Crippen molar-refractivity contribution in [2.75, 3.05) is 17.7 Å². The van der Waals surface area contributed by atoms with Crippen LogP contribution in [-0.2, 0) is 14.3 Å². The largest absolute Gasteiger partial charge is 0.465 e. The highest BCUT2D eigenvalue weighted by Gasteiger charge is 2.16. The summed E-state index contributed by atoms with van der Waals surface area (Å²) in [5.41, 5.74) is 0.882. The van der Waals surface area contributed by atoms with Gasteiger partial charge in [0.05, 0.1) is 28.9 Å². The zero-order chi connectivity index (χ0) is 15.0. The Morgan fingerprint density at radius 1 is 1.45 bits per heavy atom. The lowest BCUT2D eigenvalue weighted by atomic mass is 10.2. The third-order valence-corrected chi connectivity index (χ3v) is 3.55. The second-order valence-electron chi connectivity index (χ2n) is 3.90. The average molecular weight is 292 g/mol. The Kier molecular flexibility index (Phi) is 6.60. The van der Waals surface area contributed by atoms with Gasteiger partial charge in [-0.15, -0.1) is 11.8 Å². The monoisotopic (exact) mass is 292 g/mol. The first-order valence-electron chi connectivity index (χ1n) is 6.15. The summed E-state index contributed by atoms with van der Waals surface area (Å²) in [4.78, 5) is 23.2. The minimum absolute atomic E-state index is 0.127. The lowest BCUT2D eigenvalue weighted by molar-refractivity contribution is -0.139. The first kappa shape index (κ1) is 16.1. The third-order valence-electron chi connectivity index (χ3n) is 2.43. The fourth-order valence-corrected chi connectivity index (χ4v) is 2.08. The van der Waals surface area contributed by atoms with E-state index < -0.39 is 5.25 Å². The molecule has 0 aliphatic rings. The van der Waals surface area contributed by atoms with Gasteiger partial charge >= 0.3 is 5.97 Å². The molecule has 6 heteroatoms. The van der Waals surface area contributed by atoms with Gasteiger partial charge in [0.25, 0.3) is 0 Å². The minimum atomic E-state index is -0.411. The molecule has 1 unspecified atom stereocenters. The first-order chi connectivity index (χ1) is 9.58.